The van der Waals surface area contributed by atoms with Crippen LogP contribution in [0.3, 0.4) is 0 Å². The Balaban J connectivity index is 2.60. The van der Waals surface area contributed by atoms with E-state index in [4.69, 9.17) is 11.6 Å². The number of aromatic nitrogens is 3. The van der Waals surface area contributed by atoms with Gasteiger partial charge in [0.05, 0.1) is 4.92 Å². The van der Waals surface area contributed by atoms with Gasteiger partial charge in [0.15, 0.2) is 5.82 Å². The quantitative estimate of drug-likeness (QED) is 0.441. The lowest BCUT2D eigenvalue weighted by atomic mass is 10.1. The van der Waals surface area contributed by atoms with Gasteiger partial charge < -0.3 is 11.6 Å². The van der Waals surface area contributed by atoms with Crippen molar-refractivity contribution in [2.24, 2.45) is 0 Å². The van der Waals surface area contributed by atoms with Crippen LogP contribution in [0, 0.1) is 17.0 Å². The van der Waals surface area contributed by atoms with Crippen molar-refractivity contribution in [1.29, 1.82) is 0 Å². The van der Waals surface area contributed by atoms with Crippen LogP contribution in [0.25, 0.3) is 11.4 Å². The lowest BCUT2D eigenvalue weighted by molar-refractivity contribution is -0.384. The highest BCUT2D eigenvalue weighted by atomic mass is 16.6. The third kappa shape index (κ3) is 1.87. The molecule has 0 fully saturated rings. The van der Waals surface area contributed by atoms with E-state index >= 15 is 0 Å². The predicted octanol–water partition coefficient (Wildman–Crippen LogP) is 0.458. The fraction of sp³-hybridized carbons (Fsp3) is 0.111. The van der Waals surface area contributed by atoms with Gasteiger partial charge in [-0.3, -0.25) is 10.1 Å². The average molecular weight is 234 g/mol. The Bertz CT molecular complexity index is 591. The van der Waals surface area contributed by atoms with E-state index in [2.05, 4.69) is 10.2 Å². The van der Waals surface area contributed by atoms with E-state index in [0.29, 0.717) is 5.56 Å². The molecule has 88 valence electrons. The zero-order valence-electron chi connectivity index (χ0n) is 8.99. The van der Waals surface area contributed by atoms with E-state index in [0.717, 1.165) is 10.2 Å². The predicted molar refractivity (Wildman–Crippen MR) is 61.4 cm³/mol. The first kappa shape index (κ1) is 10.9. The van der Waals surface area contributed by atoms with Gasteiger partial charge in [-0.05, 0) is 18.6 Å². The summed E-state index contributed by atoms with van der Waals surface area (Å²) in [6.45, 7) is 1.75. The highest BCUT2D eigenvalue weighted by molar-refractivity contribution is 5.62. The molecular weight excluding hydrogens is 224 g/mol. The van der Waals surface area contributed by atoms with Crippen LogP contribution >= 0.6 is 0 Å². The minimum Gasteiger partial charge on any atom is -0.366 e. The van der Waals surface area contributed by atoms with Gasteiger partial charge in [-0.15, -0.1) is 10.2 Å². The minimum absolute atomic E-state index is 0.0263. The minimum atomic E-state index is -0.475. The Kier molecular flexibility index (Phi) is 2.39. The Hall–Kier alpha value is -2.64. The molecule has 0 radical (unpaired) electrons. The van der Waals surface area contributed by atoms with E-state index in [1.165, 1.54) is 12.1 Å². The van der Waals surface area contributed by atoms with Gasteiger partial charge in [0, 0.05) is 17.7 Å². The molecule has 0 aliphatic heterocycles. The molecule has 1 aromatic heterocycles. The molecule has 0 atom stereocenters. The number of nitro groups is 1. The van der Waals surface area contributed by atoms with Crippen molar-refractivity contribution in [3.05, 3.63) is 33.9 Å². The highest BCUT2D eigenvalue weighted by Crippen LogP contribution is 2.24. The van der Waals surface area contributed by atoms with Crippen molar-refractivity contribution in [2.75, 3.05) is 11.6 Å². The number of nitrogens with two attached hydrogens (primary N) is 2. The van der Waals surface area contributed by atoms with Crippen LogP contribution in [-0.2, 0) is 0 Å². The molecule has 8 nitrogen and oxygen atoms in total. The monoisotopic (exact) mass is 234 g/mol. The number of aryl methyl sites for hydroxylation is 1. The topological polar surface area (TPSA) is 126 Å². The van der Waals surface area contributed by atoms with Gasteiger partial charge in [0.25, 0.3) is 5.69 Å². The van der Waals surface area contributed by atoms with Gasteiger partial charge in [-0.1, -0.05) is 0 Å². The number of nitro benzene ring substituents is 1. The smallest absolute Gasteiger partial charge is 0.270 e. The number of hydrogen-bond acceptors (Lipinski definition) is 6. The number of anilines is 1. The summed E-state index contributed by atoms with van der Waals surface area (Å²) < 4.78 is 1.08. The van der Waals surface area contributed by atoms with E-state index in [1.807, 2.05) is 0 Å². The van der Waals surface area contributed by atoms with Crippen molar-refractivity contribution in [3.63, 3.8) is 0 Å². The zero-order valence-corrected chi connectivity index (χ0v) is 8.99. The normalized spacial score (nSPS) is 10.4. The van der Waals surface area contributed by atoms with Gasteiger partial charge in [-0.25, -0.2) is 4.68 Å². The molecule has 2 rings (SSSR count). The summed E-state index contributed by atoms with van der Waals surface area (Å²) in [6.07, 6.45) is 0. The Morgan fingerprint density at radius 1 is 1.35 bits per heavy atom. The first-order valence-corrected chi connectivity index (χ1v) is 4.71. The molecule has 0 aliphatic rings. The maximum absolute atomic E-state index is 10.7. The molecule has 0 saturated heterocycles. The number of nitrogen functional groups attached to an aromatic ring is 2. The molecule has 0 bridgehead atoms. The van der Waals surface area contributed by atoms with E-state index in [9.17, 15) is 10.1 Å². The SMILES string of the molecule is Cc1cc(-c2nnc(N)n2N)cc([N+](=O)[O-])c1. The lowest BCUT2D eigenvalue weighted by Crippen LogP contribution is -2.13. The summed E-state index contributed by atoms with van der Waals surface area (Å²) in [6, 6.07) is 4.56. The molecule has 0 saturated carbocycles. The van der Waals surface area contributed by atoms with E-state index in [-0.39, 0.29) is 17.5 Å². The molecule has 2 aromatic rings. The summed E-state index contributed by atoms with van der Waals surface area (Å²) in [5, 5.41) is 18.1. The first-order chi connectivity index (χ1) is 7.99. The fourth-order valence-corrected chi connectivity index (χ4v) is 1.50. The van der Waals surface area contributed by atoms with Gasteiger partial charge in [-0.2, -0.15) is 0 Å². The van der Waals surface area contributed by atoms with E-state index < -0.39 is 4.92 Å². The molecule has 0 unspecified atom stereocenters. The average Bonchev–Trinajstić information content (AvgIpc) is 2.59. The summed E-state index contributed by atoms with van der Waals surface area (Å²) >= 11 is 0. The van der Waals surface area contributed by atoms with Crippen LogP contribution in [-0.4, -0.2) is 19.8 Å². The van der Waals surface area contributed by atoms with Crippen molar-refractivity contribution >= 4 is 11.6 Å². The molecule has 1 aromatic carbocycles. The maximum atomic E-state index is 10.7. The third-order valence-corrected chi connectivity index (χ3v) is 2.25. The Labute approximate surface area is 96.0 Å². The molecule has 17 heavy (non-hydrogen) atoms. The molecule has 4 N–H and O–H groups in total. The van der Waals surface area contributed by atoms with E-state index in [1.54, 1.807) is 13.0 Å². The summed E-state index contributed by atoms with van der Waals surface area (Å²) in [5.41, 5.74) is 6.65. The first-order valence-electron chi connectivity index (χ1n) is 4.71. The van der Waals surface area contributed by atoms with Crippen LogP contribution in [0.5, 0.6) is 0 Å². The highest BCUT2D eigenvalue weighted by Gasteiger charge is 2.14. The van der Waals surface area contributed by atoms with Crippen LogP contribution in [0.2, 0.25) is 0 Å². The molecule has 8 heteroatoms. The summed E-state index contributed by atoms with van der Waals surface area (Å²) in [7, 11) is 0. The van der Waals surface area contributed by atoms with Crippen molar-refractivity contribution in [1.82, 2.24) is 14.9 Å². The Morgan fingerprint density at radius 2 is 2.06 bits per heavy atom. The molecule has 0 spiro atoms. The second-order valence-corrected chi connectivity index (χ2v) is 3.57. The molecule has 1 heterocycles. The lowest BCUT2D eigenvalue weighted by Gasteiger charge is -2.02. The molecule has 0 aliphatic carbocycles. The van der Waals surface area contributed by atoms with Crippen LogP contribution < -0.4 is 11.6 Å². The third-order valence-electron chi connectivity index (χ3n) is 2.25. The van der Waals surface area contributed by atoms with Crippen LogP contribution in [0.1, 0.15) is 5.56 Å². The zero-order chi connectivity index (χ0) is 12.6. The molecule has 0 amide bonds. The number of non-ortho nitro benzene ring substituents is 1. The number of benzene rings is 1. The second-order valence-electron chi connectivity index (χ2n) is 3.57. The van der Waals surface area contributed by atoms with Crippen LogP contribution in [0.15, 0.2) is 18.2 Å². The largest absolute Gasteiger partial charge is 0.366 e. The van der Waals surface area contributed by atoms with Gasteiger partial charge in [0.1, 0.15) is 0 Å². The van der Waals surface area contributed by atoms with Crippen molar-refractivity contribution in [3.8, 4) is 11.4 Å². The number of rotatable bonds is 2. The maximum Gasteiger partial charge on any atom is 0.270 e. The number of hydrogen-bond donors (Lipinski definition) is 2. The van der Waals surface area contributed by atoms with Crippen molar-refractivity contribution < 1.29 is 4.92 Å². The van der Waals surface area contributed by atoms with Gasteiger partial charge in [0.2, 0.25) is 5.95 Å². The van der Waals surface area contributed by atoms with Crippen LogP contribution in [0.4, 0.5) is 11.6 Å². The second kappa shape index (κ2) is 3.74. The van der Waals surface area contributed by atoms with Gasteiger partial charge >= 0.3 is 0 Å². The van der Waals surface area contributed by atoms with Crippen molar-refractivity contribution in [2.45, 2.75) is 6.92 Å². The molecular formula is C9H10N6O2. The standard InChI is InChI=1S/C9H10N6O2/c1-5-2-6(4-7(3-5)15(16)17)8-12-13-9(10)14(8)11/h2-4H,11H2,1H3,(H2,10,13). The number of nitrogens with zero attached hydrogens (tertiary/aromatic N) is 4. The Morgan fingerprint density at radius 3 is 2.59 bits per heavy atom. The summed E-state index contributed by atoms with van der Waals surface area (Å²) in [5.74, 6) is 5.94. The summed E-state index contributed by atoms with van der Waals surface area (Å²) in [4.78, 5) is 10.3. The fourth-order valence-electron chi connectivity index (χ4n) is 1.50.